The second-order valence-electron chi connectivity index (χ2n) is 2.28. The molecular formula is C7H7FO4S. The van der Waals surface area contributed by atoms with E-state index < -0.39 is 22.8 Å². The van der Waals surface area contributed by atoms with Crippen molar-refractivity contribution >= 4 is 10.4 Å². The van der Waals surface area contributed by atoms with E-state index in [-0.39, 0.29) is 5.56 Å². The average Bonchev–Trinajstić information content (AvgIpc) is 2.01. The molecule has 13 heavy (non-hydrogen) atoms. The van der Waals surface area contributed by atoms with Crippen molar-refractivity contribution in [2.75, 3.05) is 0 Å². The normalized spacial score (nSPS) is 11.5. The van der Waals surface area contributed by atoms with E-state index in [4.69, 9.17) is 4.55 Å². The first kappa shape index (κ1) is 10.1. The van der Waals surface area contributed by atoms with Gasteiger partial charge in [-0.2, -0.15) is 8.42 Å². The standard InChI is InChI=1S/C7H7FO4S/c8-7-4-2-1-3-6(7)5-12-13(9,10)11/h1-4H,5H2,(H,9,10,11). The third-order valence-electron chi connectivity index (χ3n) is 1.32. The minimum atomic E-state index is -4.51. The van der Waals surface area contributed by atoms with Crippen molar-refractivity contribution < 1.29 is 21.5 Å². The van der Waals surface area contributed by atoms with Gasteiger partial charge in [0.25, 0.3) is 0 Å². The Kier molecular flexibility index (Phi) is 2.97. The molecule has 0 unspecified atom stereocenters. The van der Waals surface area contributed by atoms with Crippen LogP contribution in [-0.2, 0) is 21.2 Å². The van der Waals surface area contributed by atoms with Gasteiger partial charge in [0.15, 0.2) is 0 Å². The summed E-state index contributed by atoms with van der Waals surface area (Å²) in [6.45, 7) is -0.508. The third-order valence-corrected chi connectivity index (χ3v) is 1.74. The summed E-state index contributed by atoms with van der Waals surface area (Å²) in [6, 6.07) is 5.53. The predicted molar refractivity (Wildman–Crippen MR) is 42.7 cm³/mol. The minimum Gasteiger partial charge on any atom is -0.264 e. The molecule has 0 atom stereocenters. The van der Waals surface area contributed by atoms with Crippen LogP contribution < -0.4 is 0 Å². The first-order valence-electron chi connectivity index (χ1n) is 3.34. The van der Waals surface area contributed by atoms with Crippen LogP contribution in [0.1, 0.15) is 5.56 Å². The van der Waals surface area contributed by atoms with Crippen LogP contribution in [0.2, 0.25) is 0 Å². The van der Waals surface area contributed by atoms with Crippen molar-refractivity contribution in [2.45, 2.75) is 6.61 Å². The summed E-state index contributed by atoms with van der Waals surface area (Å²) >= 11 is 0. The van der Waals surface area contributed by atoms with E-state index in [9.17, 15) is 12.8 Å². The number of rotatable bonds is 3. The second-order valence-corrected chi connectivity index (χ2v) is 3.37. The zero-order valence-corrected chi connectivity index (χ0v) is 7.29. The zero-order chi connectivity index (χ0) is 9.90. The van der Waals surface area contributed by atoms with E-state index in [1.165, 1.54) is 24.3 Å². The lowest BCUT2D eigenvalue weighted by Gasteiger charge is -2.00. The number of benzene rings is 1. The molecule has 0 aliphatic carbocycles. The van der Waals surface area contributed by atoms with Crippen molar-refractivity contribution in [3.8, 4) is 0 Å². The molecule has 0 spiro atoms. The molecule has 0 saturated carbocycles. The highest BCUT2D eigenvalue weighted by Crippen LogP contribution is 2.08. The molecule has 0 bridgehead atoms. The molecule has 0 saturated heterocycles. The molecule has 0 amide bonds. The first-order chi connectivity index (χ1) is 5.99. The number of hydrogen-bond donors (Lipinski definition) is 1. The summed E-state index contributed by atoms with van der Waals surface area (Å²) < 4.78 is 45.2. The van der Waals surface area contributed by atoms with E-state index in [1.807, 2.05) is 0 Å². The van der Waals surface area contributed by atoms with E-state index in [0.29, 0.717) is 0 Å². The highest BCUT2D eigenvalue weighted by atomic mass is 32.3. The summed E-state index contributed by atoms with van der Waals surface area (Å²) in [6.07, 6.45) is 0. The molecule has 4 nitrogen and oxygen atoms in total. The van der Waals surface area contributed by atoms with E-state index >= 15 is 0 Å². The average molecular weight is 206 g/mol. The Morgan fingerprint density at radius 3 is 2.54 bits per heavy atom. The van der Waals surface area contributed by atoms with Crippen LogP contribution >= 0.6 is 0 Å². The molecule has 0 radical (unpaired) electrons. The van der Waals surface area contributed by atoms with Crippen molar-refractivity contribution in [3.05, 3.63) is 35.6 Å². The minimum absolute atomic E-state index is 0.0696. The van der Waals surface area contributed by atoms with Gasteiger partial charge in [-0.15, -0.1) is 0 Å². The molecule has 0 aliphatic rings. The molecular weight excluding hydrogens is 199 g/mol. The van der Waals surface area contributed by atoms with Gasteiger partial charge >= 0.3 is 10.4 Å². The Labute approximate surface area is 74.9 Å². The molecule has 1 aromatic carbocycles. The van der Waals surface area contributed by atoms with Gasteiger partial charge in [-0.3, -0.25) is 4.55 Å². The summed E-state index contributed by atoms with van der Waals surface area (Å²) in [5.74, 6) is -0.578. The quantitative estimate of drug-likeness (QED) is 0.753. The smallest absolute Gasteiger partial charge is 0.264 e. The fourth-order valence-electron chi connectivity index (χ4n) is 0.753. The van der Waals surface area contributed by atoms with Crippen LogP contribution in [0, 0.1) is 5.82 Å². The van der Waals surface area contributed by atoms with Gasteiger partial charge in [-0.1, -0.05) is 18.2 Å². The monoisotopic (exact) mass is 206 g/mol. The lowest BCUT2D eigenvalue weighted by Crippen LogP contribution is -2.04. The molecule has 72 valence electrons. The third kappa shape index (κ3) is 3.49. The Morgan fingerprint density at radius 1 is 1.38 bits per heavy atom. The maximum atomic E-state index is 12.8. The van der Waals surface area contributed by atoms with E-state index in [0.717, 1.165) is 0 Å². The Bertz CT molecular complexity index is 387. The van der Waals surface area contributed by atoms with Crippen LogP contribution in [0.3, 0.4) is 0 Å². The van der Waals surface area contributed by atoms with Gasteiger partial charge in [-0.25, -0.2) is 8.57 Å². The molecule has 1 rings (SSSR count). The maximum Gasteiger partial charge on any atom is 0.397 e. The van der Waals surface area contributed by atoms with E-state index in [1.54, 1.807) is 0 Å². The molecule has 0 heterocycles. The van der Waals surface area contributed by atoms with Crippen LogP contribution in [0.25, 0.3) is 0 Å². The van der Waals surface area contributed by atoms with Crippen LogP contribution in [0.15, 0.2) is 24.3 Å². The highest BCUT2D eigenvalue weighted by molar-refractivity contribution is 7.80. The van der Waals surface area contributed by atoms with Crippen LogP contribution in [0.5, 0.6) is 0 Å². The van der Waals surface area contributed by atoms with Crippen molar-refractivity contribution in [1.29, 1.82) is 0 Å². The van der Waals surface area contributed by atoms with Gasteiger partial charge in [0.1, 0.15) is 5.82 Å². The summed E-state index contributed by atoms with van der Waals surface area (Å²) in [5, 5.41) is 0. The van der Waals surface area contributed by atoms with Crippen LogP contribution in [0.4, 0.5) is 4.39 Å². The van der Waals surface area contributed by atoms with E-state index in [2.05, 4.69) is 4.18 Å². The second kappa shape index (κ2) is 3.82. The van der Waals surface area contributed by atoms with Gasteiger partial charge in [0.05, 0.1) is 6.61 Å². The highest BCUT2D eigenvalue weighted by Gasteiger charge is 2.07. The van der Waals surface area contributed by atoms with Crippen molar-refractivity contribution in [1.82, 2.24) is 0 Å². The lowest BCUT2D eigenvalue weighted by atomic mass is 10.2. The topological polar surface area (TPSA) is 63.6 Å². The fraction of sp³-hybridized carbons (Fsp3) is 0.143. The summed E-state index contributed by atoms with van der Waals surface area (Å²) in [7, 11) is -4.51. The molecule has 1 aromatic rings. The Hall–Kier alpha value is -0.980. The largest absolute Gasteiger partial charge is 0.397 e. The maximum absolute atomic E-state index is 12.8. The Morgan fingerprint density at radius 2 is 2.00 bits per heavy atom. The number of halogens is 1. The van der Waals surface area contributed by atoms with Gasteiger partial charge < -0.3 is 0 Å². The van der Waals surface area contributed by atoms with Crippen molar-refractivity contribution in [2.24, 2.45) is 0 Å². The van der Waals surface area contributed by atoms with Crippen LogP contribution in [-0.4, -0.2) is 13.0 Å². The van der Waals surface area contributed by atoms with Crippen molar-refractivity contribution in [3.63, 3.8) is 0 Å². The fourth-order valence-corrected chi connectivity index (χ4v) is 1.03. The number of hydrogen-bond acceptors (Lipinski definition) is 3. The van der Waals surface area contributed by atoms with Gasteiger partial charge in [-0.05, 0) is 6.07 Å². The molecule has 0 fully saturated rings. The molecule has 0 aliphatic heterocycles. The van der Waals surface area contributed by atoms with Gasteiger partial charge in [0.2, 0.25) is 0 Å². The Balaban J connectivity index is 2.71. The lowest BCUT2D eigenvalue weighted by molar-refractivity contribution is 0.256. The zero-order valence-electron chi connectivity index (χ0n) is 6.47. The van der Waals surface area contributed by atoms with Gasteiger partial charge in [0, 0.05) is 5.56 Å². The molecule has 6 heteroatoms. The predicted octanol–water partition coefficient (Wildman–Crippen LogP) is 1.15. The summed E-state index contributed by atoms with van der Waals surface area (Å²) in [4.78, 5) is 0. The summed E-state index contributed by atoms with van der Waals surface area (Å²) in [5.41, 5.74) is 0.0696. The first-order valence-corrected chi connectivity index (χ1v) is 4.71. The SMILES string of the molecule is O=S(=O)(O)OCc1ccccc1F. The molecule has 1 N–H and O–H groups in total. The molecule has 0 aromatic heterocycles.